The third-order valence-corrected chi connectivity index (χ3v) is 7.49. The lowest BCUT2D eigenvalue weighted by atomic mass is 9.83. The molecule has 0 aromatic heterocycles. The summed E-state index contributed by atoms with van der Waals surface area (Å²) < 4.78 is 12.1. The van der Waals surface area contributed by atoms with Gasteiger partial charge in [0.15, 0.2) is 6.10 Å². The fraction of sp³-hybridized carbons (Fsp3) is 0.375. The Hall–Kier alpha value is -3.35. The van der Waals surface area contributed by atoms with Gasteiger partial charge in [-0.25, -0.2) is 4.79 Å². The van der Waals surface area contributed by atoms with Gasteiger partial charge in [-0.05, 0) is 111 Å². The molecule has 0 saturated heterocycles. The first-order valence-corrected chi connectivity index (χ1v) is 13.8. The van der Waals surface area contributed by atoms with Crippen LogP contribution >= 0.6 is 11.6 Å². The van der Waals surface area contributed by atoms with Crippen LogP contribution in [0.2, 0.25) is 5.02 Å². The molecule has 2 heterocycles. The highest BCUT2D eigenvalue weighted by molar-refractivity contribution is 6.30. The van der Waals surface area contributed by atoms with Crippen molar-refractivity contribution in [1.82, 2.24) is 0 Å². The monoisotopic (exact) mass is 547 g/mol. The van der Waals surface area contributed by atoms with Crippen LogP contribution in [0.15, 0.2) is 48.5 Å². The zero-order valence-corrected chi connectivity index (χ0v) is 23.6. The molecule has 0 fully saturated rings. The van der Waals surface area contributed by atoms with Crippen LogP contribution in [0.5, 0.6) is 5.75 Å². The summed E-state index contributed by atoms with van der Waals surface area (Å²) in [6, 6.07) is 15.5. The Bertz CT molecular complexity index is 1420. The number of nitrogens with zero attached hydrogens (tertiary/aromatic N) is 1. The smallest absolute Gasteiger partial charge is 0.337 e. The fourth-order valence-electron chi connectivity index (χ4n) is 5.59. The third-order valence-electron chi connectivity index (χ3n) is 7.24. The maximum absolute atomic E-state index is 13.2. The van der Waals surface area contributed by atoms with Crippen LogP contribution in [0, 0.1) is 6.92 Å². The van der Waals surface area contributed by atoms with E-state index in [1.807, 2.05) is 70.2 Å². The Morgan fingerprint density at radius 2 is 1.85 bits per heavy atom. The number of ether oxygens (including phenoxy) is 2. The van der Waals surface area contributed by atoms with Gasteiger partial charge in [-0.15, -0.1) is 0 Å². The van der Waals surface area contributed by atoms with E-state index >= 15 is 0 Å². The predicted molar refractivity (Wildman–Crippen MR) is 153 cm³/mol. The first-order valence-electron chi connectivity index (χ1n) is 13.4. The number of benzene rings is 3. The molecule has 7 heteroatoms. The van der Waals surface area contributed by atoms with E-state index in [9.17, 15) is 14.7 Å². The molecule has 0 radical (unpaired) electrons. The molecule has 2 aliphatic rings. The van der Waals surface area contributed by atoms with Crippen molar-refractivity contribution in [2.75, 3.05) is 11.5 Å². The zero-order chi connectivity index (χ0) is 27.9. The number of hydrogen-bond acceptors (Lipinski definition) is 4. The molecule has 3 aromatic rings. The number of aryl methyl sites for hydroxylation is 2. The van der Waals surface area contributed by atoms with Gasteiger partial charge in [0.2, 0.25) is 5.91 Å². The fourth-order valence-corrected chi connectivity index (χ4v) is 5.72. The number of rotatable bonds is 6. The molecule has 39 heavy (non-hydrogen) atoms. The molecule has 6 nitrogen and oxygen atoms in total. The van der Waals surface area contributed by atoms with Gasteiger partial charge in [0, 0.05) is 22.7 Å². The Morgan fingerprint density at radius 1 is 1.10 bits per heavy atom. The minimum absolute atomic E-state index is 0.00472. The van der Waals surface area contributed by atoms with E-state index in [-0.39, 0.29) is 12.3 Å². The van der Waals surface area contributed by atoms with Crippen molar-refractivity contribution in [3.8, 4) is 16.9 Å². The summed E-state index contributed by atoms with van der Waals surface area (Å²) in [5.41, 5.74) is 6.23. The van der Waals surface area contributed by atoms with Crippen LogP contribution in [-0.2, 0) is 33.7 Å². The number of carbonyl (C=O) groups excluding carboxylic acids is 1. The quantitative estimate of drug-likeness (QED) is 0.357. The van der Waals surface area contributed by atoms with Gasteiger partial charge in [-0.1, -0.05) is 29.8 Å². The van der Waals surface area contributed by atoms with Crippen molar-refractivity contribution < 1.29 is 24.2 Å². The largest absolute Gasteiger partial charge is 0.493 e. The number of carboxylic acid groups (broad SMARTS) is 1. The molecule has 1 atom stereocenters. The van der Waals surface area contributed by atoms with Gasteiger partial charge in [-0.2, -0.15) is 0 Å². The number of amides is 1. The molecule has 1 N–H and O–H groups in total. The topological polar surface area (TPSA) is 76.1 Å². The molecule has 204 valence electrons. The van der Waals surface area contributed by atoms with Crippen molar-refractivity contribution in [3.05, 3.63) is 81.4 Å². The molecule has 0 bridgehead atoms. The minimum atomic E-state index is -1.20. The van der Waals surface area contributed by atoms with E-state index in [4.69, 9.17) is 21.1 Å². The Labute approximate surface area is 234 Å². The van der Waals surface area contributed by atoms with E-state index < -0.39 is 17.7 Å². The maximum atomic E-state index is 13.2. The van der Waals surface area contributed by atoms with Crippen LogP contribution in [0.1, 0.15) is 67.5 Å². The summed E-state index contributed by atoms with van der Waals surface area (Å²) in [6.07, 6.45) is 1.38. The van der Waals surface area contributed by atoms with Gasteiger partial charge < -0.3 is 19.5 Å². The second-order valence-electron chi connectivity index (χ2n) is 11.3. The number of carboxylic acids is 1. The number of anilines is 1. The van der Waals surface area contributed by atoms with Crippen molar-refractivity contribution in [1.29, 1.82) is 0 Å². The van der Waals surface area contributed by atoms with Crippen molar-refractivity contribution >= 4 is 29.2 Å². The summed E-state index contributed by atoms with van der Waals surface area (Å²) in [5, 5.41) is 11.1. The molecular weight excluding hydrogens is 514 g/mol. The Kier molecular flexibility index (Phi) is 7.45. The first kappa shape index (κ1) is 27.2. The summed E-state index contributed by atoms with van der Waals surface area (Å²) >= 11 is 6.08. The van der Waals surface area contributed by atoms with E-state index in [0.717, 1.165) is 57.7 Å². The zero-order valence-electron chi connectivity index (χ0n) is 22.8. The summed E-state index contributed by atoms with van der Waals surface area (Å²) in [4.78, 5) is 27.8. The SMILES string of the molecule is Cc1cc2c(c(C(OC(C)(C)C)C(=O)O)c1-c1ccc3c(c1)CCCO3)CCC(=O)N2Cc1ccc(Cl)cc1. The summed E-state index contributed by atoms with van der Waals surface area (Å²) in [6.45, 7) is 8.62. The number of carbonyl (C=O) groups is 2. The normalized spacial score (nSPS) is 15.8. The molecule has 1 amide bonds. The number of hydrogen-bond donors (Lipinski definition) is 1. The highest BCUT2D eigenvalue weighted by Crippen LogP contribution is 2.45. The molecule has 3 aromatic carbocycles. The molecule has 2 aliphatic heterocycles. The Morgan fingerprint density at radius 3 is 2.54 bits per heavy atom. The number of fused-ring (bicyclic) bond motifs is 2. The molecular formula is C32H34ClNO5. The van der Waals surface area contributed by atoms with Gasteiger partial charge in [0.05, 0.1) is 18.8 Å². The van der Waals surface area contributed by atoms with Crippen LogP contribution in [0.4, 0.5) is 5.69 Å². The highest BCUT2D eigenvalue weighted by atomic mass is 35.5. The second-order valence-corrected chi connectivity index (χ2v) is 11.7. The lowest BCUT2D eigenvalue weighted by Gasteiger charge is -2.35. The number of halogens is 1. The minimum Gasteiger partial charge on any atom is -0.493 e. The van der Waals surface area contributed by atoms with Crippen LogP contribution in [0.3, 0.4) is 0 Å². The Balaban J connectivity index is 1.72. The third kappa shape index (κ3) is 5.68. The predicted octanol–water partition coefficient (Wildman–Crippen LogP) is 7.06. The standard InChI is InChI=1S/C32H34ClNO5/c1-19-16-25-24(12-14-27(35)34(25)18-20-7-10-23(33)11-8-20)29(30(31(36)37)39-32(2,3)4)28(19)22-9-13-26-21(17-22)6-5-15-38-26/h7-11,13,16-17,30H,5-6,12,14-15,18H2,1-4H3,(H,36,37). The first-order chi connectivity index (χ1) is 18.5. The van der Waals surface area contributed by atoms with Crippen molar-refractivity contribution in [2.24, 2.45) is 0 Å². The molecule has 0 saturated carbocycles. The molecule has 1 unspecified atom stereocenters. The average Bonchev–Trinajstić information content (AvgIpc) is 2.88. The van der Waals surface area contributed by atoms with Crippen molar-refractivity contribution in [2.45, 2.75) is 71.6 Å². The second kappa shape index (κ2) is 10.7. The van der Waals surface area contributed by atoms with E-state index in [1.165, 1.54) is 0 Å². The molecule has 5 rings (SSSR count). The summed E-state index contributed by atoms with van der Waals surface area (Å²) in [5.74, 6) is -0.172. The molecule has 0 spiro atoms. The van der Waals surface area contributed by atoms with Crippen LogP contribution in [-0.4, -0.2) is 29.2 Å². The van der Waals surface area contributed by atoms with E-state index in [1.54, 1.807) is 4.90 Å². The van der Waals surface area contributed by atoms with Crippen molar-refractivity contribution in [3.63, 3.8) is 0 Å². The van der Waals surface area contributed by atoms with Crippen LogP contribution < -0.4 is 9.64 Å². The highest BCUT2D eigenvalue weighted by Gasteiger charge is 2.36. The number of aliphatic carboxylic acids is 1. The van der Waals surface area contributed by atoms with Crippen LogP contribution in [0.25, 0.3) is 11.1 Å². The van der Waals surface area contributed by atoms with Gasteiger partial charge >= 0.3 is 5.97 Å². The van der Waals surface area contributed by atoms with Gasteiger partial charge in [-0.3, -0.25) is 4.79 Å². The van der Waals surface area contributed by atoms with E-state index in [2.05, 4.69) is 6.07 Å². The van der Waals surface area contributed by atoms with Gasteiger partial charge in [0.25, 0.3) is 0 Å². The summed E-state index contributed by atoms with van der Waals surface area (Å²) in [7, 11) is 0. The maximum Gasteiger partial charge on any atom is 0.337 e. The average molecular weight is 548 g/mol. The van der Waals surface area contributed by atoms with E-state index in [0.29, 0.717) is 30.2 Å². The van der Waals surface area contributed by atoms with Gasteiger partial charge in [0.1, 0.15) is 5.75 Å². The lowest BCUT2D eigenvalue weighted by molar-refractivity contribution is -0.160. The molecule has 0 aliphatic carbocycles. The lowest BCUT2D eigenvalue weighted by Crippen LogP contribution is -2.36.